The van der Waals surface area contributed by atoms with Crippen molar-refractivity contribution in [3.05, 3.63) is 63.1 Å². The molecule has 0 bridgehead atoms. The van der Waals surface area contributed by atoms with Gasteiger partial charge in [0.1, 0.15) is 12.4 Å². The second-order valence-corrected chi connectivity index (χ2v) is 6.59. The van der Waals surface area contributed by atoms with Gasteiger partial charge < -0.3 is 15.4 Å². The van der Waals surface area contributed by atoms with Gasteiger partial charge in [-0.05, 0) is 43.7 Å². The zero-order chi connectivity index (χ0) is 19.1. The van der Waals surface area contributed by atoms with Crippen LogP contribution in [0.5, 0.6) is 5.75 Å². The lowest BCUT2D eigenvalue weighted by Crippen LogP contribution is -2.38. The van der Waals surface area contributed by atoms with E-state index in [1.165, 1.54) is 17.7 Å². The van der Waals surface area contributed by atoms with E-state index in [1.807, 2.05) is 32.0 Å². The molecule has 2 aromatic carbocycles. The molecule has 0 heterocycles. The first-order chi connectivity index (χ1) is 12.4. The van der Waals surface area contributed by atoms with Crippen molar-refractivity contribution in [2.24, 2.45) is 0 Å². The van der Waals surface area contributed by atoms with Crippen LogP contribution in [-0.2, 0) is 4.79 Å². The summed E-state index contributed by atoms with van der Waals surface area (Å²) in [5.74, 6) is 0.0886. The Bertz CT molecular complexity index is 809. The van der Waals surface area contributed by atoms with Gasteiger partial charge in [0.15, 0.2) is 0 Å². The van der Waals surface area contributed by atoms with Crippen LogP contribution in [0.4, 0.5) is 0 Å². The third-order valence-electron chi connectivity index (χ3n) is 3.60. The van der Waals surface area contributed by atoms with Crippen LogP contribution in [-0.4, -0.2) is 31.5 Å². The summed E-state index contributed by atoms with van der Waals surface area (Å²) in [6.45, 7) is 4.54. The Morgan fingerprint density at radius 2 is 1.77 bits per heavy atom. The van der Waals surface area contributed by atoms with E-state index in [1.54, 1.807) is 6.07 Å². The predicted molar refractivity (Wildman–Crippen MR) is 103 cm³/mol. The quantitative estimate of drug-likeness (QED) is 0.705. The molecule has 0 spiro atoms. The molecule has 2 aromatic rings. The number of amides is 2. The molecule has 0 saturated heterocycles. The second kappa shape index (κ2) is 9.46. The average Bonchev–Trinajstić information content (AvgIpc) is 2.60. The smallest absolute Gasteiger partial charge is 0.251 e. The molecule has 0 unspecified atom stereocenters. The number of hydrogen-bond acceptors (Lipinski definition) is 3. The Labute approximate surface area is 162 Å². The Morgan fingerprint density at radius 1 is 1.00 bits per heavy atom. The molecule has 0 aliphatic rings. The minimum absolute atomic E-state index is 0.136. The first-order valence-electron chi connectivity index (χ1n) is 8.07. The fourth-order valence-corrected chi connectivity index (χ4v) is 2.57. The number of nitrogens with one attached hydrogen (secondary N) is 2. The van der Waals surface area contributed by atoms with Crippen LogP contribution in [0.1, 0.15) is 21.5 Å². The van der Waals surface area contributed by atoms with Crippen LogP contribution in [0.3, 0.4) is 0 Å². The molecule has 2 N–H and O–H groups in total. The summed E-state index contributed by atoms with van der Waals surface area (Å²) < 4.78 is 5.63. The van der Waals surface area contributed by atoms with Gasteiger partial charge >= 0.3 is 0 Å². The highest BCUT2D eigenvalue weighted by Crippen LogP contribution is 2.22. The average molecular weight is 395 g/mol. The van der Waals surface area contributed by atoms with E-state index in [-0.39, 0.29) is 17.5 Å². The number of rotatable bonds is 7. The summed E-state index contributed by atoms with van der Waals surface area (Å²) in [6.07, 6.45) is 0. The summed E-state index contributed by atoms with van der Waals surface area (Å²) in [4.78, 5) is 23.8. The molecule has 0 atom stereocenters. The van der Waals surface area contributed by atoms with Gasteiger partial charge in [-0.25, -0.2) is 0 Å². The van der Waals surface area contributed by atoms with Gasteiger partial charge in [0.25, 0.3) is 5.91 Å². The number of benzene rings is 2. The largest absolute Gasteiger partial charge is 0.491 e. The van der Waals surface area contributed by atoms with Crippen LogP contribution in [0.15, 0.2) is 36.4 Å². The van der Waals surface area contributed by atoms with Crippen molar-refractivity contribution in [1.29, 1.82) is 0 Å². The molecule has 138 valence electrons. The van der Waals surface area contributed by atoms with Gasteiger partial charge in [-0.3, -0.25) is 9.59 Å². The maximum atomic E-state index is 12.0. The van der Waals surface area contributed by atoms with E-state index in [9.17, 15) is 9.59 Å². The summed E-state index contributed by atoms with van der Waals surface area (Å²) >= 11 is 11.7. The maximum absolute atomic E-state index is 12.0. The van der Waals surface area contributed by atoms with E-state index in [4.69, 9.17) is 27.9 Å². The first kappa shape index (κ1) is 20.1. The highest BCUT2D eigenvalue weighted by Gasteiger charge is 2.10. The molecule has 0 saturated carbocycles. The zero-order valence-corrected chi connectivity index (χ0v) is 16.1. The molecule has 2 rings (SSSR count). The predicted octanol–water partition coefficient (Wildman–Crippen LogP) is 3.54. The Balaban J connectivity index is 1.70. The molecular weight excluding hydrogens is 375 g/mol. The number of aryl methyl sites for hydroxylation is 2. The molecule has 2 amide bonds. The normalized spacial score (nSPS) is 10.3. The third-order valence-corrected chi connectivity index (χ3v) is 4.34. The van der Waals surface area contributed by atoms with E-state index < -0.39 is 5.91 Å². The molecule has 26 heavy (non-hydrogen) atoms. The highest BCUT2D eigenvalue weighted by atomic mass is 35.5. The van der Waals surface area contributed by atoms with Crippen LogP contribution in [0, 0.1) is 13.8 Å². The maximum Gasteiger partial charge on any atom is 0.251 e. The van der Waals surface area contributed by atoms with Gasteiger partial charge in [0.2, 0.25) is 5.91 Å². The van der Waals surface area contributed by atoms with Crippen molar-refractivity contribution in [2.45, 2.75) is 13.8 Å². The van der Waals surface area contributed by atoms with Crippen molar-refractivity contribution >= 4 is 35.0 Å². The van der Waals surface area contributed by atoms with E-state index in [0.29, 0.717) is 23.7 Å². The van der Waals surface area contributed by atoms with Crippen LogP contribution in [0.25, 0.3) is 0 Å². The monoisotopic (exact) mass is 394 g/mol. The van der Waals surface area contributed by atoms with Gasteiger partial charge in [0.05, 0.1) is 23.1 Å². The summed E-state index contributed by atoms with van der Waals surface area (Å²) in [7, 11) is 0. The number of carbonyl (C=O) groups is 2. The highest BCUT2D eigenvalue weighted by molar-refractivity contribution is 6.42. The van der Waals surface area contributed by atoms with Crippen LogP contribution < -0.4 is 15.4 Å². The molecule has 0 radical (unpaired) electrons. The summed E-state index contributed by atoms with van der Waals surface area (Å²) in [5, 5.41) is 5.86. The van der Waals surface area contributed by atoms with Crippen molar-refractivity contribution < 1.29 is 14.3 Å². The van der Waals surface area contributed by atoms with Gasteiger partial charge in [-0.2, -0.15) is 0 Å². The Hall–Kier alpha value is -2.24. The first-order valence-corrected chi connectivity index (χ1v) is 8.82. The number of halogens is 2. The summed E-state index contributed by atoms with van der Waals surface area (Å²) in [6, 6.07) is 10.4. The Morgan fingerprint density at radius 3 is 2.46 bits per heavy atom. The van der Waals surface area contributed by atoms with E-state index >= 15 is 0 Å². The van der Waals surface area contributed by atoms with E-state index in [0.717, 1.165) is 11.3 Å². The summed E-state index contributed by atoms with van der Waals surface area (Å²) in [5.41, 5.74) is 2.55. The zero-order valence-electron chi connectivity index (χ0n) is 14.6. The van der Waals surface area contributed by atoms with Crippen molar-refractivity contribution in [2.75, 3.05) is 19.7 Å². The SMILES string of the molecule is Cc1ccc(OCCNC(=O)CNC(=O)c2ccc(Cl)c(Cl)c2)c(C)c1. The van der Waals surface area contributed by atoms with Crippen molar-refractivity contribution in [3.63, 3.8) is 0 Å². The van der Waals surface area contributed by atoms with Gasteiger partial charge in [-0.15, -0.1) is 0 Å². The van der Waals surface area contributed by atoms with Gasteiger partial charge in [0, 0.05) is 5.56 Å². The van der Waals surface area contributed by atoms with Crippen LogP contribution in [0.2, 0.25) is 10.0 Å². The van der Waals surface area contributed by atoms with Crippen molar-refractivity contribution in [3.8, 4) is 5.75 Å². The standard InChI is InChI=1S/C19H20Cl2N2O3/c1-12-3-6-17(13(2)9-12)26-8-7-22-18(24)11-23-19(25)14-4-5-15(20)16(21)10-14/h3-6,9-10H,7-8,11H2,1-2H3,(H,22,24)(H,23,25). The van der Waals surface area contributed by atoms with Gasteiger partial charge in [-0.1, -0.05) is 40.9 Å². The molecule has 7 heteroatoms. The topological polar surface area (TPSA) is 67.4 Å². The lowest BCUT2D eigenvalue weighted by atomic mass is 10.1. The van der Waals surface area contributed by atoms with E-state index in [2.05, 4.69) is 10.6 Å². The molecule has 0 fully saturated rings. The third kappa shape index (κ3) is 5.93. The Kier molecular flexibility index (Phi) is 7.30. The minimum Gasteiger partial charge on any atom is -0.491 e. The number of ether oxygens (including phenoxy) is 1. The molecule has 0 aliphatic carbocycles. The van der Waals surface area contributed by atoms with Crippen molar-refractivity contribution in [1.82, 2.24) is 10.6 Å². The lowest BCUT2D eigenvalue weighted by Gasteiger charge is -2.11. The lowest BCUT2D eigenvalue weighted by molar-refractivity contribution is -0.120. The number of hydrogen-bond donors (Lipinski definition) is 2. The van der Waals surface area contributed by atoms with Crippen LogP contribution >= 0.6 is 23.2 Å². The minimum atomic E-state index is -0.398. The fourth-order valence-electron chi connectivity index (χ4n) is 2.28. The molecule has 5 nitrogen and oxygen atoms in total. The molecular formula is C19H20Cl2N2O3. The second-order valence-electron chi connectivity index (χ2n) is 5.78. The fraction of sp³-hybridized carbons (Fsp3) is 0.263. The molecule has 0 aromatic heterocycles. The molecule has 0 aliphatic heterocycles. The number of carbonyl (C=O) groups excluding carboxylic acids is 2.